The lowest BCUT2D eigenvalue weighted by Gasteiger charge is -2.18. The number of rotatable bonds is 5. The van der Waals surface area contributed by atoms with Crippen LogP contribution in [0.1, 0.15) is 28.6 Å². The largest absolute Gasteiger partial charge is 0.364 e. The summed E-state index contributed by atoms with van der Waals surface area (Å²) in [7, 11) is 0. The molecule has 8 heteroatoms. The van der Waals surface area contributed by atoms with Crippen molar-refractivity contribution >= 4 is 35.0 Å². The molecule has 0 saturated carbocycles. The highest BCUT2D eigenvalue weighted by atomic mass is 35.5. The van der Waals surface area contributed by atoms with Crippen molar-refractivity contribution in [2.75, 3.05) is 13.2 Å². The maximum Gasteiger partial charge on any atom is 0.270 e. The van der Waals surface area contributed by atoms with Gasteiger partial charge in [0.1, 0.15) is 10.8 Å². The van der Waals surface area contributed by atoms with Crippen molar-refractivity contribution in [2.24, 2.45) is 0 Å². The molecule has 0 unspecified atom stereocenters. The van der Waals surface area contributed by atoms with Gasteiger partial charge < -0.3 is 15.4 Å². The van der Waals surface area contributed by atoms with E-state index < -0.39 is 6.10 Å². The van der Waals surface area contributed by atoms with Crippen LogP contribution in [0, 0.1) is 0 Å². The lowest BCUT2D eigenvalue weighted by molar-refractivity contribution is -0.131. The summed E-state index contributed by atoms with van der Waals surface area (Å²) in [6.45, 7) is 0.643. The molecule has 2 N–H and O–H groups in total. The number of nitrogens with zero attached hydrogens (tertiary/aromatic N) is 1. The van der Waals surface area contributed by atoms with E-state index in [1.165, 1.54) is 0 Å². The Morgan fingerprint density at radius 2 is 1.84 bits per heavy atom. The number of aromatic nitrogens is 1. The molecule has 1 aromatic heterocycles. The van der Waals surface area contributed by atoms with Crippen LogP contribution in [-0.4, -0.2) is 36.0 Å². The number of pyridine rings is 1. The highest BCUT2D eigenvalue weighted by Crippen LogP contribution is 2.27. The van der Waals surface area contributed by atoms with E-state index in [9.17, 15) is 9.59 Å². The first kappa shape index (κ1) is 22.3. The highest BCUT2D eigenvalue weighted by Gasteiger charge is 2.28. The molecule has 2 atom stereocenters. The third-order valence-electron chi connectivity index (χ3n) is 5.16. The molecule has 0 aliphatic carbocycles. The molecule has 4 rings (SSSR count). The molecule has 1 saturated heterocycles. The summed E-state index contributed by atoms with van der Waals surface area (Å²) in [5.74, 6) is -0.588. The van der Waals surface area contributed by atoms with Crippen LogP contribution in [0.2, 0.25) is 10.2 Å². The second-order valence-corrected chi connectivity index (χ2v) is 8.26. The molecular weight excluding hydrogens is 449 g/mol. The van der Waals surface area contributed by atoms with Gasteiger partial charge in [0.15, 0.2) is 6.10 Å². The van der Waals surface area contributed by atoms with Crippen LogP contribution in [0.4, 0.5) is 0 Å². The van der Waals surface area contributed by atoms with Gasteiger partial charge >= 0.3 is 0 Å². The molecule has 32 heavy (non-hydrogen) atoms. The van der Waals surface area contributed by atoms with Crippen molar-refractivity contribution in [3.05, 3.63) is 88.2 Å². The van der Waals surface area contributed by atoms with E-state index >= 15 is 0 Å². The van der Waals surface area contributed by atoms with E-state index in [0.717, 1.165) is 16.7 Å². The fourth-order valence-corrected chi connectivity index (χ4v) is 3.81. The van der Waals surface area contributed by atoms with Gasteiger partial charge in [-0.2, -0.15) is 0 Å². The number of halogens is 2. The molecule has 1 aliphatic rings. The van der Waals surface area contributed by atoms with E-state index in [2.05, 4.69) is 15.6 Å². The normalized spacial score (nSPS) is 18.5. The number of hydrogen-bond acceptors (Lipinski definition) is 4. The van der Waals surface area contributed by atoms with Gasteiger partial charge in [-0.25, -0.2) is 4.98 Å². The number of carbonyl (C=O) groups is 2. The van der Waals surface area contributed by atoms with Gasteiger partial charge in [-0.05, 0) is 53.4 Å². The maximum atomic E-state index is 12.9. The van der Waals surface area contributed by atoms with Crippen molar-refractivity contribution in [1.82, 2.24) is 15.6 Å². The second kappa shape index (κ2) is 10.1. The van der Waals surface area contributed by atoms with Crippen molar-refractivity contribution in [1.29, 1.82) is 0 Å². The van der Waals surface area contributed by atoms with Crippen LogP contribution in [0.5, 0.6) is 0 Å². The number of benzene rings is 2. The van der Waals surface area contributed by atoms with Crippen molar-refractivity contribution in [3.8, 4) is 11.1 Å². The Bertz CT molecular complexity index is 1120. The van der Waals surface area contributed by atoms with E-state index in [4.69, 9.17) is 27.9 Å². The van der Waals surface area contributed by atoms with E-state index in [1.54, 1.807) is 18.2 Å². The van der Waals surface area contributed by atoms with Gasteiger partial charge in [-0.1, -0.05) is 59.6 Å². The third-order valence-corrected chi connectivity index (χ3v) is 5.62. The molecule has 1 aliphatic heterocycles. The van der Waals surface area contributed by atoms with E-state index in [-0.39, 0.29) is 35.2 Å². The fraction of sp³-hybridized carbons (Fsp3) is 0.208. The first-order chi connectivity index (χ1) is 15.5. The van der Waals surface area contributed by atoms with Gasteiger partial charge in [0.05, 0.1) is 6.61 Å². The molecule has 0 bridgehead atoms. The standard InChI is InChI=1S/C24H21Cl2N3O3/c25-18-9-7-15(8-10-18)16-3-1-4-17(13-16)22-24(31)28-19(11-12-32-22)14-27-23(30)20-5-2-6-21(26)29-20/h1-10,13,19,22H,11-12,14H2,(H,27,30)(H,28,31)/t19-,22-/m0/s1. The van der Waals surface area contributed by atoms with Crippen LogP contribution >= 0.6 is 23.2 Å². The van der Waals surface area contributed by atoms with Crippen LogP contribution < -0.4 is 10.6 Å². The van der Waals surface area contributed by atoms with Gasteiger partial charge in [0, 0.05) is 17.6 Å². The third kappa shape index (κ3) is 5.46. The first-order valence-corrected chi connectivity index (χ1v) is 10.9. The van der Waals surface area contributed by atoms with Crippen molar-refractivity contribution in [2.45, 2.75) is 18.6 Å². The lowest BCUT2D eigenvalue weighted by Crippen LogP contribution is -2.44. The quantitative estimate of drug-likeness (QED) is 0.541. The van der Waals surface area contributed by atoms with Crippen LogP contribution in [0.25, 0.3) is 11.1 Å². The Morgan fingerprint density at radius 1 is 1.06 bits per heavy atom. The number of hydrogen-bond donors (Lipinski definition) is 2. The van der Waals surface area contributed by atoms with Crippen LogP contribution in [0.3, 0.4) is 0 Å². The Hall–Kier alpha value is -2.93. The molecule has 164 valence electrons. The SMILES string of the molecule is O=C(NC[C@@H]1CCO[C@@H](c2cccc(-c3ccc(Cl)cc3)c2)C(=O)N1)c1cccc(Cl)n1. The van der Waals surface area contributed by atoms with Crippen LogP contribution in [-0.2, 0) is 9.53 Å². The minimum absolute atomic E-state index is 0.227. The zero-order valence-electron chi connectivity index (χ0n) is 17.1. The predicted octanol–water partition coefficient (Wildman–Crippen LogP) is 4.43. The summed E-state index contributed by atoms with van der Waals surface area (Å²) >= 11 is 11.8. The van der Waals surface area contributed by atoms with E-state index in [1.807, 2.05) is 48.5 Å². The molecular formula is C24H21Cl2N3O3. The highest BCUT2D eigenvalue weighted by molar-refractivity contribution is 6.30. The average Bonchev–Trinajstić information content (AvgIpc) is 2.99. The summed E-state index contributed by atoms with van der Waals surface area (Å²) in [5.41, 5.74) is 2.96. The zero-order valence-corrected chi connectivity index (χ0v) is 18.6. The topological polar surface area (TPSA) is 80.3 Å². The Morgan fingerprint density at radius 3 is 2.62 bits per heavy atom. The van der Waals surface area contributed by atoms with Gasteiger partial charge in [-0.15, -0.1) is 0 Å². The molecule has 0 radical (unpaired) electrons. The Kier molecular flexibility index (Phi) is 7.05. The molecule has 3 aromatic rings. The van der Waals surface area contributed by atoms with Gasteiger partial charge in [-0.3, -0.25) is 9.59 Å². The monoisotopic (exact) mass is 469 g/mol. The minimum atomic E-state index is -0.724. The summed E-state index contributed by atoms with van der Waals surface area (Å²) in [6, 6.07) is 19.8. The van der Waals surface area contributed by atoms with Gasteiger partial charge in [0.2, 0.25) is 0 Å². The molecule has 2 amide bonds. The second-order valence-electron chi connectivity index (χ2n) is 7.43. The number of carbonyl (C=O) groups excluding carboxylic acids is 2. The molecule has 1 fully saturated rings. The summed E-state index contributed by atoms with van der Waals surface area (Å²) in [5, 5.41) is 6.68. The maximum absolute atomic E-state index is 12.9. The van der Waals surface area contributed by atoms with Gasteiger partial charge in [0.25, 0.3) is 11.8 Å². The average molecular weight is 470 g/mol. The smallest absolute Gasteiger partial charge is 0.270 e. The first-order valence-electron chi connectivity index (χ1n) is 10.2. The minimum Gasteiger partial charge on any atom is -0.364 e. The molecule has 2 heterocycles. The fourth-order valence-electron chi connectivity index (χ4n) is 3.52. The molecule has 6 nitrogen and oxygen atoms in total. The lowest BCUT2D eigenvalue weighted by atomic mass is 10.0. The number of nitrogens with one attached hydrogen (secondary N) is 2. The predicted molar refractivity (Wildman–Crippen MR) is 124 cm³/mol. The Labute approximate surface area is 195 Å². The van der Waals surface area contributed by atoms with Crippen molar-refractivity contribution < 1.29 is 14.3 Å². The number of amides is 2. The van der Waals surface area contributed by atoms with E-state index in [0.29, 0.717) is 18.1 Å². The number of ether oxygens (including phenoxy) is 1. The molecule has 0 spiro atoms. The molecule has 2 aromatic carbocycles. The van der Waals surface area contributed by atoms with Crippen molar-refractivity contribution in [3.63, 3.8) is 0 Å². The van der Waals surface area contributed by atoms with Crippen LogP contribution in [0.15, 0.2) is 66.7 Å². The zero-order chi connectivity index (χ0) is 22.5. The summed E-state index contributed by atoms with van der Waals surface area (Å²) in [6.07, 6.45) is -0.153. The summed E-state index contributed by atoms with van der Waals surface area (Å²) in [4.78, 5) is 29.2. The Balaban J connectivity index is 1.41. The summed E-state index contributed by atoms with van der Waals surface area (Å²) < 4.78 is 5.87.